The number of rotatable bonds is 3. The molecule has 5 heteroatoms. The van der Waals surface area contributed by atoms with E-state index in [1.54, 1.807) is 12.1 Å². The second kappa shape index (κ2) is 5.80. The molecule has 1 aliphatic rings. The van der Waals surface area contributed by atoms with Crippen LogP contribution < -0.4 is 16.4 Å². The van der Waals surface area contributed by atoms with Crippen LogP contribution in [0.5, 0.6) is 0 Å². The van der Waals surface area contributed by atoms with Gasteiger partial charge < -0.3 is 16.4 Å². The van der Waals surface area contributed by atoms with Crippen molar-refractivity contribution < 1.29 is 4.79 Å². The van der Waals surface area contributed by atoms with Crippen LogP contribution in [0.15, 0.2) is 18.2 Å². The number of nitrogens with two attached hydrogens (primary N) is 2. The highest BCUT2D eigenvalue weighted by molar-refractivity contribution is 6.31. The molecule has 0 bridgehead atoms. The summed E-state index contributed by atoms with van der Waals surface area (Å²) in [6.45, 7) is 4.67. The zero-order valence-corrected chi connectivity index (χ0v) is 11.9. The number of piperidine rings is 1. The van der Waals surface area contributed by atoms with E-state index in [1.165, 1.54) is 0 Å². The number of hydrogen-bond donors (Lipinski definition) is 2. The van der Waals surface area contributed by atoms with Crippen molar-refractivity contribution in [3.05, 3.63) is 28.8 Å². The van der Waals surface area contributed by atoms with E-state index in [1.807, 2.05) is 6.07 Å². The summed E-state index contributed by atoms with van der Waals surface area (Å²) in [5, 5.41) is 0.526. The third-order valence-corrected chi connectivity index (χ3v) is 4.22. The maximum Gasteiger partial charge on any atom is 0.250 e. The first kappa shape index (κ1) is 14.2. The molecule has 0 spiro atoms. The third kappa shape index (κ3) is 3.01. The van der Waals surface area contributed by atoms with Crippen molar-refractivity contribution in [2.45, 2.75) is 13.3 Å². The normalized spacial score (nSPS) is 23.4. The predicted octanol–water partition coefficient (Wildman–Crippen LogP) is 1.86. The van der Waals surface area contributed by atoms with Crippen molar-refractivity contribution >= 4 is 23.2 Å². The number of amides is 1. The molecule has 4 N–H and O–H groups in total. The molecule has 1 saturated heterocycles. The molecule has 1 aromatic rings. The van der Waals surface area contributed by atoms with E-state index in [0.29, 0.717) is 29.0 Å². The largest absolute Gasteiger partial charge is 0.371 e. The molecule has 2 unspecified atom stereocenters. The zero-order chi connectivity index (χ0) is 14.0. The molecule has 0 radical (unpaired) electrons. The first-order valence-corrected chi connectivity index (χ1v) is 6.95. The van der Waals surface area contributed by atoms with Gasteiger partial charge in [-0.3, -0.25) is 4.79 Å². The van der Waals surface area contributed by atoms with E-state index >= 15 is 0 Å². The summed E-state index contributed by atoms with van der Waals surface area (Å²) in [6, 6.07) is 5.29. The van der Waals surface area contributed by atoms with Gasteiger partial charge in [-0.25, -0.2) is 0 Å². The molecule has 0 aliphatic carbocycles. The standard InChI is InChI=1S/C14H20ClN3O/c1-9-4-5-18(8-10(9)7-16)13-3-2-11(15)6-12(13)14(17)19/h2-3,6,9-10H,4-5,7-8,16H2,1H3,(H2,17,19). The second-order valence-corrected chi connectivity index (χ2v) is 5.67. The third-order valence-electron chi connectivity index (χ3n) is 3.98. The van der Waals surface area contributed by atoms with Gasteiger partial charge >= 0.3 is 0 Å². The van der Waals surface area contributed by atoms with Crippen LogP contribution in [-0.4, -0.2) is 25.5 Å². The molecule has 1 aliphatic heterocycles. The molecule has 2 rings (SSSR count). The summed E-state index contributed by atoms with van der Waals surface area (Å²) < 4.78 is 0. The van der Waals surface area contributed by atoms with E-state index < -0.39 is 5.91 Å². The molecular weight excluding hydrogens is 262 g/mol. The lowest BCUT2D eigenvalue weighted by Crippen LogP contribution is -2.43. The van der Waals surface area contributed by atoms with Gasteiger partial charge in [-0.2, -0.15) is 0 Å². The lowest BCUT2D eigenvalue weighted by Gasteiger charge is -2.38. The number of anilines is 1. The van der Waals surface area contributed by atoms with Crippen molar-refractivity contribution in [2.75, 3.05) is 24.5 Å². The van der Waals surface area contributed by atoms with Crippen molar-refractivity contribution in [1.29, 1.82) is 0 Å². The Morgan fingerprint density at radius 3 is 2.89 bits per heavy atom. The lowest BCUT2D eigenvalue weighted by atomic mass is 9.86. The number of primary amides is 1. The van der Waals surface area contributed by atoms with Crippen LogP contribution in [0, 0.1) is 11.8 Å². The van der Waals surface area contributed by atoms with Crippen LogP contribution >= 0.6 is 11.6 Å². The summed E-state index contributed by atoms with van der Waals surface area (Å²) in [5.41, 5.74) is 12.6. The predicted molar refractivity (Wildman–Crippen MR) is 78.5 cm³/mol. The Labute approximate surface area is 118 Å². The SMILES string of the molecule is CC1CCN(c2ccc(Cl)cc2C(N)=O)CC1CN. The van der Waals surface area contributed by atoms with Gasteiger partial charge in [0.15, 0.2) is 0 Å². The molecule has 0 aromatic heterocycles. The van der Waals surface area contributed by atoms with Gasteiger partial charge in [0.05, 0.1) is 5.56 Å². The van der Waals surface area contributed by atoms with Crippen molar-refractivity contribution in [3.63, 3.8) is 0 Å². The Balaban J connectivity index is 2.29. The minimum Gasteiger partial charge on any atom is -0.371 e. The first-order valence-electron chi connectivity index (χ1n) is 6.57. The number of nitrogens with zero attached hydrogens (tertiary/aromatic N) is 1. The minimum absolute atomic E-state index is 0.444. The monoisotopic (exact) mass is 281 g/mol. The van der Waals surface area contributed by atoms with Crippen LogP contribution in [0.2, 0.25) is 5.02 Å². The maximum absolute atomic E-state index is 11.5. The van der Waals surface area contributed by atoms with Gasteiger partial charge in [0, 0.05) is 23.8 Å². The van der Waals surface area contributed by atoms with Crippen LogP contribution in [0.25, 0.3) is 0 Å². The number of halogens is 1. The van der Waals surface area contributed by atoms with Gasteiger partial charge in [0.25, 0.3) is 5.91 Å². The van der Waals surface area contributed by atoms with Crippen molar-refractivity contribution in [1.82, 2.24) is 0 Å². The van der Waals surface area contributed by atoms with Crippen LogP contribution in [0.3, 0.4) is 0 Å². The van der Waals surface area contributed by atoms with Gasteiger partial charge in [-0.1, -0.05) is 18.5 Å². The summed E-state index contributed by atoms with van der Waals surface area (Å²) >= 11 is 5.93. The molecule has 1 heterocycles. The zero-order valence-electron chi connectivity index (χ0n) is 11.1. The van der Waals surface area contributed by atoms with E-state index in [2.05, 4.69) is 11.8 Å². The fourth-order valence-corrected chi connectivity index (χ4v) is 2.83. The molecule has 1 amide bonds. The molecular formula is C14H20ClN3O. The van der Waals surface area contributed by atoms with Gasteiger partial charge in [0.1, 0.15) is 0 Å². The van der Waals surface area contributed by atoms with Crippen molar-refractivity contribution in [2.24, 2.45) is 23.3 Å². The summed E-state index contributed by atoms with van der Waals surface area (Å²) in [7, 11) is 0. The highest BCUT2D eigenvalue weighted by Gasteiger charge is 2.27. The Bertz CT molecular complexity index is 478. The van der Waals surface area contributed by atoms with Crippen molar-refractivity contribution in [3.8, 4) is 0 Å². The number of carbonyl (C=O) groups is 1. The smallest absolute Gasteiger partial charge is 0.250 e. The summed E-state index contributed by atoms with van der Waals surface area (Å²) in [4.78, 5) is 13.7. The fourth-order valence-electron chi connectivity index (χ4n) is 2.66. The van der Waals surface area contributed by atoms with Crippen LogP contribution in [-0.2, 0) is 0 Å². The number of benzene rings is 1. The molecule has 1 aromatic carbocycles. The van der Waals surface area contributed by atoms with Gasteiger partial charge in [-0.15, -0.1) is 0 Å². The average Bonchev–Trinajstić information content (AvgIpc) is 2.39. The molecule has 1 fully saturated rings. The number of hydrogen-bond acceptors (Lipinski definition) is 3. The van der Waals surface area contributed by atoms with Crippen LogP contribution in [0.4, 0.5) is 5.69 Å². The Hall–Kier alpha value is -1.26. The molecule has 4 nitrogen and oxygen atoms in total. The maximum atomic E-state index is 11.5. The molecule has 104 valence electrons. The Kier molecular flexibility index (Phi) is 4.32. The van der Waals surface area contributed by atoms with E-state index in [9.17, 15) is 4.79 Å². The number of carbonyl (C=O) groups excluding carboxylic acids is 1. The highest BCUT2D eigenvalue weighted by Crippen LogP contribution is 2.30. The lowest BCUT2D eigenvalue weighted by molar-refractivity contribution is 0.100. The minimum atomic E-state index is -0.444. The highest BCUT2D eigenvalue weighted by atomic mass is 35.5. The second-order valence-electron chi connectivity index (χ2n) is 5.23. The van der Waals surface area contributed by atoms with E-state index in [-0.39, 0.29) is 0 Å². The Morgan fingerprint density at radius 1 is 1.53 bits per heavy atom. The molecule has 0 saturated carbocycles. The topological polar surface area (TPSA) is 72.3 Å². The first-order chi connectivity index (χ1) is 9.02. The van der Waals surface area contributed by atoms with Gasteiger partial charge in [-0.05, 0) is 43.0 Å². The summed E-state index contributed by atoms with van der Waals surface area (Å²) in [5.74, 6) is 0.621. The fraction of sp³-hybridized carbons (Fsp3) is 0.500. The molecule has 2 atom stereocenters. The average molecular weight is 282 g/mol. The van der Waals surface area contributed by atoms with E-state index in [0.717, 1.165) is 25.2 Å². The summed E-state index contributed by atoms with van der Waals surface area (Å²) in [6.07, 6.45) is 1.07. The Morgan fingerprint density at radius 2 is 2.26 bits per heavy atom. The van der Waals surface area contributed by atoms with Gasteiger partial charge in [0.2, 0.25) is 0 Å². The van der Waals surface area contributed by atoms with E-state index in [4.69, 9.17) is 23.1 Å². The molecule has 19 heavy (non-hydrogen) atoms. The van der Waals surface area contributed by atoms with Crippen LogP contribution in [0.1, 0.15) is 23.7 Å². The quantitative estimate of drug-likeness (QED) is 0.888.